The molecular weight excluding hydrogens is 271 g/mol. The smallest absolute Gasteiger partial charge is 0.254 e. The Hall–Kier alpha value is -0.770. The zero-order chi connectivity index (χ0) is 13.9. The van der Waals surface area contributed by atoms with Gasteiger partial charge < -0.3 is 11.1 Å². The van der Waals surface area contributed by atoms with Crippen LogP contribution in [0.2, 0.25) is 10.0 Å². The highest BCUT2D eigenvalue weighted by Gasteiger charge is 2.30. The summed E-state index contributed by atoms with van der Waals surface area (Å²) in [7, 11) is 0. The zero-order valence-electron chi connectivity index (χ0n) is 10.8. The Bertz CT molecular complexity index is 428. The molecule has 100 valence electrons. The molecule has 0 saturated heterocycles. The summed E-state index contributed by atoms with van der Waals surface area (Å²) in [5.41, 5.74) is 5.54. The molecule has 0 aliphatic carbocycles. The van der Waals surface area contributed by atoms with Crippen molar-refractivity contribution in [1.29, 1.82) is 0 Å². The predicted molar refractivity (Wildman–Crippen MR) is 76.2 cm³/mol. The van der Waals surface area contributed by atoms with Crippen LogP contribution in [0.25, 0.3) is 0 Å². The molecular formula is C13H18Cl2N2O. The second-order valence-corrected chi connectivity index (χ2v) is 5.64. The second-order valence-electron chi connectivity index (χ2n) is 4.83. The first-order chi connectivity index (χ1) is 8.31. The van der Waals surface area contributed by atoms with Crippen LogP contribution in [0.3, 0.4) is 0 Å². The van der Waals surface area contributed by atoms with Gasteiger partial charge in [-0.3, -0.25) is 4.79 Å². The van der Waals surface area contributed by atoms with E-state index < -0.39 is 5.54 Å². The molecule has 1 unspecified atom stereocenters. The van der Waals surface area contributed by atoms with E-state index in [1.807, 2.05) is 20.8 Å². The first kappa shape index (κ1) is 15.3. The fourth-order valence-corrected chi connectivity index (χ4v) is 2.04. The summed E-state index contributed by atoms with van der Waals surface area (Å²) in [5, 5.41) is 3.58. The average Bonchev–Trinajstić information content (AvgIpc) is 2.28. The number of carbonyl (C=O) groups is 1. The van der Waals surface area contributed by atoms with Crippen LogP contribution in [-0.4, -0.2) is 18.0 Å². The van der Waals surface area contributed by atoms with E-state index in [1.165, 1.54) is 0 Å². The van der Waals surface area contributed by atoms with E-state index in [-0.39, 0.29) is 11.8 Å². The van der Waals surface area contributed by atoms with Gasteiger partial charge in [-0.25, -0.2) is 0 Å². The lowest BCUT2D eigenvalue weighted by Gasteiger charge is -2.33. The number of nitrogens with one attached hydrogen (secondary N) is 1. The Labute approximate surface area is 118 Å². The van der Waals surface area contributed by atoms with Crippen molar-refractivity contribution < 1.29 is 4.79 Å². The molecule has 0 heterocycles. The molecule has 1 aromatic rings. The summed E-state index contributed by atoms with van der Waals surface area (Å²) in [5.74, 6) is -0.0973. The van der Waals surface area contributed by atoms with Gasteiger partial charge in [-0.05, 0) is 25.0 Å². The molecule has 1 rings (SSSR count). The van der Waals surface area contributed by atoms with Gasteiger partial charge in [-0.15, -0.1) is 0 Å². The maximum atomic E-state index is 12.2. The molecule has 3 N–H and O–H groups in total. The Morgan fingerprint density at radius 2 is 1.89 bits per heavy atom. The molecule has 5 heteroatoms. The Morgan fingerprint density at radius 3 is 2.28 bits per heavy atom. The standard InChI is InChI=1S/C13H18Cl2N2O/c1-8(2)13(3,7-16)17-12(18)11-9(14)5-4-6-10(11)15/h4-6,8H,7,16H2,1-3H3,(H,17,18). The zero-order valence-corrected chi connectivity index (χ0v) is 12.3. The van der Waals surface area contributed by atoms with E-state index in [9.17, 15) is 4.79 Å². The molecule has 0 aliphatic heterocycles. The Balaban J connectivity index is 3.02. The van der Waals surface area contributed by atoms with Gasteiger partial charge in [0.15, 0.2) is 0 Å². The van der Waals surface area contributed by atoms with Gasteiger partial charge in [0.2, 0.25) is 0 Å². The van der Waals surface area contributed by atoms with Crippen LogP contribution in [0.15, 0.2) is 18.2 Å². The summed E-state index contributed by atoms with van der Waals surface area (Å²) in [6, 6.07) is 4.97. The molecule has 0 spiro atoms. The molecule has 1 amide bonds. The van der Waals surface area contributed by atoms with E-state index in [2.05, 4.69) is 5.32 Å². The second kappa shape index (κ2) is 5.91. The van der Waals surface area contributed by atoms with Crippen molar-refractivity contribution in [2.45, 2.75) is 26.3 Å². The molecule has 18 heavy (non-hydrogen) atoms. The van der Waals surface area contributed by atoms with Crippen molar-refractivity contribution in [3.8, 4) is 0 Å². The SMILES string of the molecule is CC(C)C(C)(CN)NC(=O)c1c(Cl)cccc1Cl. The van der Waals surface area contributed by atoms with Gasteiger partial charge in [0, 0.05) is 6.54 Å². The number of hydrogen-bond donors (Lipinski definition) is 2. The highest BCUT2D eigenvalue weighted by Crippen LogP contribution is 2.25. The monoisotopic (exact) mass is 288 g/mol. The Morgan fingerprint density at radius 1 is 1.39 bits per heavy atom. The van der Waals surface area contributed by atoms with Crippen LogP contribution in [0, 0.1) is 5.92 Å². The highest BCUT2D eigenvalue weighted by molar-refractivity contribution is 6.39. The summed E-state index contributed by atoms with van der Waals surface area (Å²) in [6.45, 7) is 6.25. The molecule has 0 saturated carbocycles. The van der Waals surface area contributed by atoms with E-state index in [1.54, 1.807) is 18.2 Å². The molecule has 1 atom stereocenters. The number of nitrogens with two attached hydrogens (primary N) is 1. The molecule has 0 radical (unpaired) electrons. The van der Waals surface area contributed by atoms with E-state index in [0.29, 0.717) is 22.2 Å². The number of halogens is 2. The number of carbonyl (C=O) groups excluding carboxylic acids is 1. The molecule has 0 fully saturated rings. The highest BCUT2D eigenvalue weighted by atomic mass is 35.5. The van der Waals surface area contributed by atoms with Gasteiger partial charge in [-0.2, -0.15) is 0 Å². The maximum absolute atomic E-state index is 12.2. The van der Waals surface area contributed by atoms with Crippen LogP contribution in [0.4, 0.5) is 0 Å². The third kappa shape index (κ3) is 3.16. The van der Waals surface area contributed by atoms with Crippen LogP contribution < -0.4 is 11.1 Å². The average molecular weight is 289 g/mol. The van der Waals surface area contributed by atoms with Crippen molar-refractivity contribution in [3.63, 3.8) is 0 Å². The summed E-state index contributed by atoms with van der Waals surface area (Å²) in [6.07, 6.45) is 0. The molecule has 1 aromatic carbocycles. The van der Waals surface area contributed by atoms with E-state index >= 15 is 0 Å². The number of hydrogen-bond acceptors (Lipinski definition) is 2. The van der Waals surface area contributed by atoms with E-state index in [0.717, 1.165) is 0 Å². The van der Waals surface area contributed by atoms with Crippen molar-refractivity contribution >= 4 is 29.1 Å². The lowest BCUT2D eigenvalue weighted by atomic mass is 9.88. The molecule has 3 nitrogen and oxygen atoms in total. The first-order valence-corrected chi connectivity index (χ1v) is 6.54. The van der Waals surface area contributed by atoms with Gasteiger partial charge >= 0.3 is 0 Å². The topological polar surface area (TPSA) is 55.1 Å². The lowest BCUT2D eigenvalue weighted by molar-refractivity contribution is 0.0883. The third-order valence-corrected chi connectivity index (χ3v) is 3.92. The van der Waals surface area contributed by atoms with Crippen molar-refractivity contribution in [2.24, 2.45) is 11.7 Å². The van der Waals surface area contributed by atoms with Crippen LogP contribution in [0.1, 0.15) is 31.1 Å². The van der Waals surface area contributed by atoms with Crippen LogP contribution in [-0.2, 0) is 0 Å². The van der Waals surface area contributed by atoms with E-state index in [4.69, 9.17) is 28.9 Å². The normalized spacial score (nSPS) is 14.4. The van der Waals surface area contributed by atoms with Gasteiger partial charge in [0.05, 0.1) is 21.1 Å². The maximum Gasteiger partial charge on any atom is 0.254 e. The summed E-state index contributed by atoms with van der Waals surface area (Å²) < 4.78 is 0. The minimum Gasteiger partial charge on any atom is -0.345 e. The fraction of sp³-hybridized carbons (Fsp3) is 0.462. The quantitative estimate of drug-likeness (QED) is 0.895. The molecule has 0 bridgehead atoms. The lowest BCUT2D eigenvalue weighted by Crippen LogP contribution is -2.55. The summed E-state index contributed by atoms with van der Waals surface area (Å²) in [4.78, 5) is 12.2. The third-order valence-electron chi connectivity index (χ3n) is 3.29. The van der Waals surface area contributed by atoms with Gasteiger partial charge in [0.1, 0.15) is 0 Å². The largest absolute Gasteiger partial charge is 0.345 e. The summed E-state index contributed by atoms with van der Waals surface area (Å²) >= 11 is 12.0. The van der Waals surface area contributed by atoms with Crippen molar-refractivity contribution in [1.82, 2.24) is 5.32 Å². The fourth-order valence-electron chi connectivity index (χ4n) is 1.47. The minimum absolute atomic E-state index is 0.202. The van der Waals surface area contributed by atoms with Crippen molar-refractivity contribution in [3.05, 3.63) is 33.8 Å². The first-order valence-electron chi connectivity index (χ1n) is 5.78. The number of benzene rings is 1. The van der Waals surface area contributed by atoms with Crippen LogP contribution >= 0.6 is 23.2 Å². The Kier molecular flexibility index (Phi) is 5.02. The van der Waals surface area contributed by atoms with Crippen molar-refractivity contribution in [2.75, 3.05) is 6.54 Å². The van der Waals surface area contributed by atoms with Gasteiger partial charge in [-0.1, -0.05) is 43.1 Å². The van der Waals surface area contributed by atoms with Crippen LogP contribution in [0.5, 0.6) is 0 Å². The molecule has 0 aliphatic rings. The predicted octanol–water partition coefficient (Wildman–Crippen LogP) is 3.10. The number of rotatable bonds is 4. The molecule has 0 aromatic heterocycles. The van der Waals surface area contributed by atoms with Gasteiger partial charge in [0.25, 0.3) is 5.91 Å². The minimum atomic E-state index is -0.487. The number of amides is 1.